The van der Waals surface area contributed by atoms with Crippen LogP contribution < -0.4 is 5.32 Å². The first-order chi connectivity index (χ1) is 33.8. The standard InChI is InChI=1S/C56H102NO12P/c1-3-5-7-9-11-13-15-17-19-21-23-24-26-28-30-32-34-36-38-40-42-44-49(59)48(46-68-70(66,67)69-56-54(64)52(62)51(61)53(63)55(56)65)57-50(60)45-47(58)43-41-39-37-35-33-31-29-27-25-22-20-18-16-14-12-10-8-6-4-2/h6,8,12,14,26,28,34,36,42,44,47-49,51-56,58-59,61-65H,3-5,7,9-11,13,15-25,27,29-33,35,37-41,43,45-46H2,1-2H3,(H,57,60)(H,66,67)/b8-6-,14-12-,28-26+,36-34+,44-42+. The lowest BCUT2D eigenvalue weighted by molar-refractivity contribution is -0.220. The van der Waals surface area contributed by atoms with Gasteiger partial charge in [0.1, 0.15) is 36.6 Å². The van der Waals surface area contributed by atoms with Gasteiger partial charge in [-0.2, -0.15) is 0 Å². The fourth-order valence-corrected chi connectivity index (χ4v) is 9.57. The van der Waals surface area contributed by atoms with Crippen molar-refractivity contribution in [1.82, 2.24) is 5.32 Å². The number of hydrogen-bond acceptors (Lipinski definition) is 11. The molecule has 0 aromatic carbocycles. The van der Waals surface area contributed by atoms with Crippen LogP contribution in [0, 0.1) is 0 Å². The molecule has 8 atom stereocenters. The molecular weight excluding hydrogens is 910 g/mol. The Labute approximate surface area is 424 Å². The summed E-state index contributed by atoms with van der Waals surface area (Å²) in [5.41, 5.74) is 0. The third kappa shape index (κ3) is 35.2. The fraction of sp³-hybridized carbons (Fsp3) is 0.804. The zero-order valence-corrected chi connectivity index (χ0v) is 44.6. The van der Waals surface area contributed by atoms with Gasteiger partial charge in [-0.1, -0.05) is 209 Å². The Kier molecular flexibility index (Phi) is 42.0. The maximum absolute atomic E-state index is 13.1. The highest BCUT2D eigenvalue weighted by molar-refractivity contribution is 7.47. The van der Waals surface area contributed by atoms with Crippen LogP contribution >= 0.6 is 7.82 Å². The molecule has 0 aliphatic heterocycles. The number of carbonyl (C=O) groups is 1. The SMILES string of the molecule is CC/C=C\C/C=C\CCCCCCCCCCCCCCC(O)CC(=O)NC(COP(=O)(O)OC1C(O)C(O)C(O)C(O)C1O)C(O)/C=C/CC/C=C/CC/C=C/CCCCCCCCCCCCC. The molecule has 1 rings (SSSR count). The molecule has 14 heteroatoms. The summed E-state index contributed by atoms with van der Waals surface area (Å²) in [6.45, 7) is 3.65. The van der Waals surface area contributed by atoms with Gasteiger partial charge in [-0.05, 0) is 70.6 Å². The van der Waals surface area contributed by atoms with E-state index in [9.17, 15) is 50.0 Å². The molecule has 1 fully saturated rings. The predicted molar refractivity (Wildman–Crippen MR) is 284 cm³/mol. The molecule has 1 amide bonds. The first-order valence-electron chi connectivity index (χ1n) is 27.8. The number of aliphatic hydroxyl groups excluding tert-OH is 7. The lowest BCUT2D eigenvalue weighted by Gasteiger charge is -2.41. The molecule has 0 spiro atoms. The van der Waals surface area contributed by atoms with E-state index in [2.05, 4.69) is 67.8 Å². The number of phosphoric ester groups is 1. The van der Waals surface area contributed by atoms with Crippen LogP contribution in [0.4, 0.5) is 0 Å². The van der Waals surface area contributed by atoms with Gasteiger partial charge in [-0.25, -0.2) is 4.57 Å². The van der Waals surface area contributed by atoms with E-state index < -0.39 is 75.2 Å². The van der Waals surface area contributed by atoms with Gasteiger partial charge in [0.25, 0.3) is 0 Å². The molecule has 8 unspecified atom stereocenters. The van der Waals surface area contributed by atoms with E-state index in [4.69, 9.17) is 9.05 Å². The number of carbonyl (C=O) groups excluding carboxylic acids is 1. The molecule has 1 saturated carbocycles. The van der Waals surface area contributed by atoms with Crippen LogP contribution in [0.15, 0.2) is 60.8 Å². The summed E-state index contributed by atoms with van der Waals surface area (Å²) in [6, 6.07) is -1.27. The molecular formula is C56H102NO12P. The molecule has 0 radical (unpaired) electrons. The molecule has 0 heterocycles. The number of rotatable bonds is 46. The van der Waals surface area contributed by atoms with Gasteiger partial charge >= 0.3 is 7.82 Å². The summed E-state index contributed by atoms with van der Waals surface area (Å²) in [5.74, 6) is -0.608. The monoisotopic (exact) mass is 1010 g/mol. The van der Waals surface area contributed by atoms with E-state index in [0.29, 0.717) is 19.3 Å². The third-order valence-corrected chi connectivity index (χ3v) is 14.1. The molecule has 9 N–H and O–H groups in total. The van der Waals surface area contributed by atoms with E-state index in [0.717, 1.165) is 57.8 Å². The zero-order chi connectivity index (χ0) is 51.5. The number of unbranched alkanes of at least 4 members (excludes halogenated alkanes) is 25. The number of phosphoric acid groups is 1. The van der Waals surface area contributed by atoms with Crippen LogP contribution in [-0.4, -0.2) is 108 Å². The van der Waals surface area contributed by atoms with Gasteiger partial charge < -0.3 is 46.0 Å². The maximum atomic E-state index is 13.1. The summed E-state index contributed by atoms with van der Waals surface area (Å²) in [5, 5.41) is 74.8. The number of hydrogen-bond donors (Lipinski definition) is 9. The van der Waals surface area contributed by atoms with Crippen LogP contribution in [-0.2, 0) is 18.4 Å². The van der Waals surface area contributed by atoms with Crippen molar-refractivity contribution in [3.05, 3.63) is 60.8 Å². The van der Waals surface area contributed by atoms with E-state index >= 15 is 0 Å². The maximum Gasteiger partial charge on any atom is 0.472 e. The summed E-state index contributed by atoms with van der Waals surface area (Å²) < 4.78 is 23.0. The third-order valence-electron chi connectivity index (χ3n) is 13.1. The average Bonchev–Trinajstić information content (AvgIpc) is 3.34. The van der Waals surface area contributed by atoms with Gasteiger partial charge in [-0.3, -0.25) is 13.8 Å². The van der Waals surface area contributed by atoms with Crippen molar-refractivity contribution < 1.29 is 59.0 Å². The smallest absolute Gasteiger partial charge is 0.393 e. The van der Waals surface area contributed by atoms with E-state index in [1.54, 1.807) is 6.08 Å². The number of allylic oxidation sites excluding steroid dienone is 9. The Bertz CT molecular complexity index is 1420. The second-order valence-corrected chi connectivity index (χ2v) is 21.0. The minimum absolute atomic E-state index is 0.258. The van der Waals surface area contributed by atoms with Crippen LogP contribution in [0.5, 0.6) is 0 Å². The number of aliphatic hydroxyl groups is 7. The molecule has 0 bridgehead atoms. The van der Waals surface area contributed by atoms with Crippen LogP contribution in [0.2, 0.25) is 0 Å². The second-order valence-electron chi connectivity index (χ2n) is 19.6. The molecule has 0 aromatic heterocycles. The topological polar surface area (TPSA) is 226 Å². The highest BCUT2D eigenvalue weighted by atomic mass is 31.2. The Balaban J connectivity index is 2.48. The van der Waals surface area contributed by atoms with E-state index in [1.165, 1.54) is 134 Å². The molecule has 0 saturated heterocycles. The van der Waals surface area contributed by atoms with Gasteiger partial charge in [0, 0.05) is 0 Å². The zero-order valence-electron chi connectivity index (χ0n) is 43.7. The average molecular weight is 1010 g/mol. The quantitative estimate of drug-likeness (QED) is 0.0158. The first kappa shape index (κ1) is 66.0. The molecule has 408 valence electrons. The Hall–Kier alpha value is -2.00. The second kappa shape index (κ2) is 44.5. The van der Waals surface area contributed by atoms with E-state index in [1.807, 2.05) is 0 Å². The first-order valence-corrected chi connectivity index (χ1v) is 29.3. The van der Waals surface area contributed by atoms with Crippen molar-refractivity contribution in [1.29, 1.82) is 0 Å². The number of nitrogens with one attached hydrogen (secondary N) is 1. The Morgan fingerprint density at radius 2 is 0.929 bits per heavy atom. The van der Waals surface area contributed by atoms with Crippen LogP contribution in [0.25, 0.3) is 0 Å². The van der Waals surface area contributed by atoms with Crippen molar-refractivity contribution in [2.75, 3.05) is 6.61 Å². The largest absolute Gasteiger partial charge is 0.472 e. The van der Waals surface area contributed by atoms with Gasteiger partial charge in [0.15, 0.2) is 0 Å². The van der Waals surface area contributed by atoms with Crippen molar-refractivity contribution in [2.45, 2.75) is 281 Å². The van der Waals surface area contributed by atoms with Gasteiger partial charge in [0.05, 0.1) is 31.3 Å². The van der Waals surface area contributed by atoms with Crippen molar-refractivity contribution >= 4 is 13.7 Å². The highest BCUT2D eigenvalue weighted by Gasteiger charge is 2.51. The fourth-order valence-electron chi connectivity index (χ4n) is 8.61. The number of amides is 1. The van der Waals surface area contributed by atoms with Crippen molar-refractivity contribution in [3.8, 4) is 0 Å². The summed E-state index contributed by atoms with van der Waals surface area (Å²) in [7, 11) is -5.16. The molecule has 13 nitrogen and oxygen atoms in total. The van der Waals surface area contributed by atoms with Crippen molar-refractivity contribution in [3.63, 3.8) is 0 Å². The lowest BCUT2D eigenvalue weighted by atomic mass is 9.85. The van der Waals surface area contributed by atoms with Crippen LogP contribution in [0.1, 0.15) is 226 Å². The summed E-state index contributed by atoms with van der Waals surface area (Å²) in [6.07, 6.45) is 43.0. The predicted octanol–water partition coefficient (Wildman–Crippen LogP) is 11.2. The van der Waals surface area contributed by atoms with Gasteiger partial charge in [0.2, 0.25) is 5.91 Å². The molecule has 70 heavy (non-hydrogen) atoms. The molecule has 1 aliphatic rings. The summed E-state index contributed by atoms with van der Waals surface area (Å²) >= 11 is 0. The van der Waals surface area contributed by atoms with Gasteiger partial charge in [-0.15, -0.1) is 0 Å². The highest BCUT2D eigenvalue weighted by Crippen LogP contribution is 2.47. The molecule has 1 aliphatic carbocycles. The minimum atomic E-state index is -5.16. The lowest BCUT2D eigenvalue weighted by Crippen LogP contribution is -2.64. The minimum Gasteiger partial charge on any atom is -0.393 e. The summed E-state index contributed by atoms with van der Waals surface area (Å²) in [4.78, 5) is 23.6. The Morgan fingerprint density at radius 1 is 0.529 bits per heavy atom. The van der Waals surface area contributed by atoms with Crippen molar-refractivity contribution in [2.24, 2.45) is 0 Å². The normalized spacial score (nSPS) is 22.3. The van der Waals surface area contributed by atoms with E-state index in [-0.39, 0.29) is 6.42 Å². The van der Waals surface area contributed by atoms with Crippen LogP contribution in [0.3, 0.4) is 0 Å². The Morgan fingerprint density at radius 3 is 1.41 bits per heavy atom. The molecule has 0 aromatic rings.